The van der Waals surface area contributed by atoms with Crippen LogP contribution in [0.4, 0.5) is 17.2 Å². The van der Waals surface area contributed by atoms with Gasteiger partial charge in [0.05, 0.1) is 37.0 Å². The van der Waals surface area contributed by atoms with Crippen LogP contribution in [0.2, 0.25) is 0 Å². The van der Waals surface area contributed by atoms with Crippen LogP contribution < -0.4 is 15.5 Å². The first-order valence-corrected chi connectivity index (χ1v) is 9.07. The van der Waals surface area contributed by atoms with E-state index in [1.807, 2.05) is 18.2 Å². The molecule has 1 saturated heterocycles. The molecule has 2 aromatic rings. The first-order chi connectivity index (χ1) is 12.8. The number of unbranched alkanes of at least 4 members (excludes halogenated alkanes) is 1. The number of carbonyl (C=O) groups excluding carboxylic acids is 1. The van der Waals surface area contributed by atoms with Crippen molar-refractivity contribution in [2.24, 2.45) is 0 Å². The van der Waals surface area contributed by atoms with Gasteiger partial charge in [0, 0.05) is 19.6 Å². The summed E-state index contributed by atoms with van der Waals surface area (Å²) in [6.07, 6.45) is 5.08. The summed E-state index contributed by atoms with van der Waals surface area (Å²) in [5.41, 5.74) is 2.40. The molecular weight excluding hydrogens is 330 g/mol. The SMILES string of the molecule is CCCCNC(=O)c1cnc(Nc2ccccc2N2CCOCC2)cn1. The highest BCUT2D eigenvalue weighted by atomic mass is 16.5. The van der Waals surface area contributed by atoms with Crippen LogP contribution in [-0.2, 0) is 4.74 Å². The van der Waals surface area contributed by atoms with Crippen molar-refractivity contribution in [2.75, 3.05) is 43.1 Å². The zero-order valence-corrected chi connectivity index (χ0v) is 15.1. The zero-order valence-electron chi connectivity index (χ0n) is 15.1. The van der Waals surface area contributed by atoms with Gasteiger partial charge in [-0.2, -0.15) is 0 Å². The van der Waals surface area contributed by atoms with Crippen molar-refractivity contribution in [1.82, 2.24) is 15.3 Å². The van der Waals surface area contributed by atoms with E-state index in [-0.39, 0.29) is 5.91 Å². The van der Waals surface area contributed by atoms with Crippen molar-refractivity contribution in [3.63, 3.8) is 0 Å². The number of para-hydroxylation sites is 2. The molecule has 1 amide bonds. The Kier molecular flexibility index (Phi) is 6.38. The normalized spacial score (nSPS) is 14.1. The minimum absolute atomic E-state index is 0.189. The maximum atomic E-state index is 12.0. The van der Waals surface area contributed by atoms with Crippen LogP contribution in [0.1, 0.15) is 30.3 Å². The van der Waals surface area contributed by atoms with Gasteiger partial charge in [0.15, 0.2) is 0 Å². The Hall–Kier alpha value is -2.67. The van der Waals surface area contributed by atoms with Gasteiger partial charge in [0.2, 0.25) is 0 Å². The lowest BCUT2D eigenvalue weighted by molar-refractivity contribution is 0.0948. The summed E-state index contributed by atoms with van der Waals surface area (Å²) in [7, 11) is 0. The maximum absolute atomic E-state index is 12.0. The van der Waals surface area contributed by atoms with Gasteiger partial charge in [-0.25, -0.2) is 9.97 Å². The van der Waals surface area contributed by atoms with Crippen molar-refractivity contribution in [2.45, 2.75) is 19.8 Å². The summed E-state index contributed by atoms with van der Waals surface area (Å²) in [5, 5.41) is 6.14. The number of aromatic nitrogens is 2. The van der Waals surface area contributed by atoms with Crippen LogP contribution in [0.3, 0.4) is 0 Å². The number of nitrogens with zero attached hydrogens (tertiary/aromatic N) is 3. The summed E-state index contributed by atoms with van der Waals surface area (Å²) >= 11 is 0. The molecule has 0 radical (unpaired) electrons. The fourth-order valence-electron chi connectivity index (χ4n) is 2.78. The highest BCUT2D eigenvalue weighted by molar-refractivity contribution is 5.92. The number of hydrogen-bond acceptors (Lipinski definition) is 6. The molecule has 0 atom stereocenters. The van der Waals surface area contributed by atoms with Crippen molar-refractivity contribution in [3.8, 4) is 0 Å². The van der Waals surface area contributed by atoms with Crippen LogP contribution in [0.5, 0.6) is 0 Å². The van der Waals surface area contributed by atoms with Crippen molar-refractivity contribution in [3.05, 3.63) is 42.4 Å². The molecule has 0 spiro atoms. The van der Waals surface area contributed by atoms with Gasteiger partial charge in [0.1, 0.15) is 11.5 Å². The van der Waals surface area contributed by atoms with Gasteiger partial charge in [-0.05, 0) is 18.6 Å². The number of ether oxygens (including phenoxy) is 1. The molecule has 1 aromatic heterocycles. The Morgan fingerprint density at radius 2 is 2.00 bits per heavy atom. The summed E-state index contributed by atoms with van der Waals surface area (Å²) in [5.74, 6) is 0.419. The predicted molar refractivity (Wildman–Crippen MR) is 102 cm³/mol. The Labute approximate surface area is 153 Å². The van der Waals surface area contributed by atoms with Gasteiger partial charge in [-0.15, -0.1) is 0 Å². The second-order valence-corrected chi connectivity index (χ2v) is 6.14. The van der Waals surface area contributed by atoms with E-state index in [0.29, 0.717) is 18.1 Å². The second-order valence-electron chi connectivity index (χ2n) is 6.14. The molecule has 7 heteroatoms. The zero-order chi connectivity index (χ0) is 18.2. The molecule has 0 unspecified atom stereocenters. The lowest BCUT2D eigenvalue weighted by atomic mass is 10.2. The Morgan fingerprint density at radius 3 is 2.73 bits per heavy atom. The minimum Gasteiger partial charge on any atom is -0.378 e. The van der Waals surface area contributed by atoms with E-state index in [1.165, 1.54) is 6.20 Å². The Morgan fingerprint density at radius 1 is 1.19 bits per heavy atom. The monoisotopic (exact) mass is 355 g/mol. The van der Waals surface area contributed by atoms with E-state index in [0.717, 1.165) is 50.5 Å². The lowest BCUT2D eigenvalue weighted by Crippen LogP contribution is -2.36. The van der Waals surface area contributed by atoms with Gasteiger partial charge in [0.25, 0.3) is 5.91 Å². The van der Waals surface area contributed by atoms with Gasteiger partial charge in [-0.3, -0.25) is 4.79 Å². The smallest absolute Gasteiger partial charge is 0.271 e. The fraction of sp³-hybridized carbons (Fsp3) is 0.421. The van der Waals surface area contributed by atoms with Crippen LogP contribution in [0, 0.1) is 0 Å². The number of hydrogen-bond donors (Lipinski definition) is 2. The molecule has 26 heavy (non-hydrogen) atoms. The predicted octanol–water partition coefficient (Wildman–Crippen LogP) is 2.59. The molecule has 0 saturated carbocycles. The first-order valence-electron chi connectivity index (χ1n) is 9.07. The molecule has 1 aliphatic heterocycles. The molecule has 7 nitrogen and oxygen atoms in total. The molecule has 3 rings (SSSR count). The summed E-state index contributed by atoms with van der Waals surface area (Å²) < 4.78 is 5.43. The van der Waals surface area contributed by atoms with E-state index >= 15 is 0 Å². The van der Waals surface area contributed by atoms with Crippen LogP contribution in [0.25, 0.3) is 0 Å². The van der Waals surface area contributed by atoms with Crippen LogP contribution >= 0.6 is 0 Å². The van der Waals surface area contributed by atoms with E-state index in [1.54, 1.807) is 6.20 Å². The minimum atomic E-state index is -0.189. The number of amides is 1. The number of anilines is 3. The average molecular weight is 355 g/mol. The Bertz CT molecular complexity index is 714. The summed E-state index contributed by atoms with van der Waals surface area (Å²) in [4.78, 5) is 22.8. The molecule has 1 aromatic carbocycles. The Balaban J connectivity index is 1.67. The molecule has 138 valence electrons. The van der Waals surface area contributed by atoms with Crippen molar-refractivity contribution < 1.29 is 9.53 Å². The summed E-state index contributed by atoms with van der Waals surface area (Å²) in [6, 6.07) is 8.09. The van der Waals surface area contributed by atoms with E-state index in [9.17, 15) is 4.79 Å². The molecule has 0 aliphatic carbocycles. The molecule has 1 fully saturated rings. The molecular formula is C19H25N5O2. The molecule has 1 aliphatic rings. The van der Waals surface area contributed by atoms with Crippen LogP contribution in [0.15, 0.2) is 36.7 Å². The van der Waals surface area contributed by atoms with Crippen molar-refractivity contribution in [1.29, 1.82) is 0 Å². The standard InChI is InChI=1S/C19H25N5O2/c1-2-3-8-20-19(25)16-13-22-18(14-21-16)23-15-6-4-5-7-17(15)24-9-11-26-12-10-24/h4-7,13-14H,2-3,8-12H2,1H3,(H,20,25)(H,22,23). The summed E-state index contributed by atoms with van der Waals surface area (Å²) in [6.45, 7) is 5.93. The number of carbonyl (C=O) groups is 1. The van der Waals surface area contributed by atoms with Gasteiger partial charge >= 0.3 is 0 Å². The van der Waals surface area contributed by atoms with Gasteiger partial charge < -0.3 is 20.3 Å². The highest BCUT2D eigenvalue weighted by Gasteiger charge is 2.15. The van der Waals surface area contributed by atoms with Crippen LogP contribution in [-0.4, -0.2) is 48.7 Å². The number of benzene rings is 1. The highest BCUT2D eigenvalue weighted by Crippen LogP contribution is 2.28. The third-order valence-electron chi connectivity index (χ3n) is 4.22. The third-order valence-corrected chi connectivity index (χ3v) is 4.22. The second kappa shape index (κ2) is 9.15. The van der Waals surface area contributed by atoms with Gasteiger partial charge in [-0.1, -0.05) is 25.5 Å². The fourth-order valence-corrected chi connectivity index (χ4v) is 2.78. The maximum Gasteiger partial charge on any atom is 0.271 e. The average Bonchev–Trinajstić information content (AvgIpc) is 2.70. The van der Waals surface area contributed by atoms with Crippen molar-refractivity contribution >= 4 is 23.1 Å². The number of morpholine rings is 1. The molecule has 2 heterocycles. The first kappa shape index (κ1) is 18.1. The molecule has 0 bridgehead atoms. The van der Waals surface area contributed by atoms with E-state index in [4.69, 9.17) is 4.74 Å². The third kappa shape index (κ3) is 4.70. The van der Waals surface area contributed by atoms with E-state index < -0.39 is 0 Å². The van der Waals surface area contributed by atoms with E-state index in [2.05, 4.69) is 38.5 Å². The lowest BCUT2D eigenvalue weighted by Gasteiger charge is -2.30. The number of rotatable bonds is 7. The quantitative estimate of drug-likeness (QED) is 0.743. The topological polar surface area (TPSA) is 79.4 Å². The molecule has 2 N–H and O–H groups in total. The number of nitrogens with one attached hydrogen (secondary N) is 2. The largest absolute Gasteiger partial charge is 0.378 e.